The van der Waals surface area contributed by atoms with Gasteiger partial charge in [-0.15, -0.1) is 0 Å². The topological polar surface area (TPSA) is 100 Å². The molecule has 3 aromatic rings. The Morgan fingerprint density at radius 2 is 1.79 bits per heavy atom. The molecular weight excluding hydrogens is 304 g/mol. The zero-order valence-corrected chi connectivity index (χ0v) is 13.2. The van der Waals surface area contributed by atoms with Crippen LogP contribution < -0.4 is 16.4 Å². The van der Waals surface area contributed by atoms with E-state index in [1.165, 1.54) is 0 Å². The smallest absolute Gasteiger partial charge is 0.316 e. The number of urea groups is 1. The number of fused-ring (bicyclic) bond motifs is 1. The summed E-state index contributed by atoms with van der Waals surface area (Å²) in [5.74, 6) is -0.121. The first-order chi connectivity index (χ1) is 11.5. The molecule has 5 N–H and O–H groups in total. The van der Waals surface area contributed by atoms with Crippen LogP contribution in [-0.2, 0) is 6.54 Å². The highest BCUT2D eigenvalue weighted by atomic mass is 16.2. The Kier molecular flexibility index (Phi) is 4.20. The van der Waals surface area contributed by atoms with Gasteiger partial charge in [-0.1, -0.05) is 30.3 Å². The second-order valence-corrected chi connectivity index (χ2v) is 5.54. The van der Waals surface area contributed by atoms with Crippen molar-refractivity contribution in [1.29, 1.82) is 0 Å². The molecule has 1 heterocycles. The van der Waals surface area contributed by atoms with Gasteiger partial charge in [0.1, 0.15) is 0 Å². The van der Waals surface area contributed by atoms with Crippen LogP contribution in [0.1, 0.15) is 21.6 Å². The molecule has 0 aliphatic heterocycles. The summed E-state index contributed by atoms with van der Waals surface area (Å²) in [6.45, 7) is 2.29. The zero-order valence-electron chi connectivity index (χ0n) is 13.2. The number of carbonyl (C=O) groups is 2. The third kappa shape index (κ3) is 3.22. The van der Waals surface area contributed by atoms with Gasteiger partial charge in [-0.25, -0.2) is 4.79 Å². The van der Waals surface area contributed by atoms with Gasteiger partial charge in [-0.05, 0) is 30.7 Å². The van der Waals surface area contributed by atoms with E-state index in [1.807, 2.05) is 43.3 Å². The molecule has 3 amide bonds. The Labute approximate surface area is 139 Å². The van der Waals surface area contributed by atoms with E-state index in [9.17, 15) is 9.59 Å². The molecule has 3 rings (SSSR count). The summed E-state index contributed by atoms with van der Waals surface area (Å²) in [5.41, 5.74) is 9.06. The van der Waals surface area contributed by atoms with Crippen LogP contribution in [0.3, 0.4) is 0 Å². The maximum absolute atomic E-state index is 12.5. The summed E-state index contributed by atoms with van der Waals surface area (Å²) in [5, 5.41) is 6.33. The highest BCUT2D eigenvalue weighted by molar-refractivity contribution is 6.08. The molecule has 122 valence electrons. The molecule has 0 spiro atoms. The quantitative estimate of drug-likeness (QED) is 0.594. The van der Waals surface area contributed by atoms with Crippen LogP contribution in [0, 0.1) is 6.92 Å². The molecule has 2 aromatic carbocycles. The van der Waals surface area contributed by atoms with E-state index in [2.05, 4.69) is 15.6 Å². The minimum absolute atomic E-state index is 0.121. The number of amides is 3. The number of anilines is 1. The van der Waals surface area contributed by atoms with Crippen molar-refractivity contribution >= 4 is 28.5 Å². The molecule has 1 aromatic heterocycles. The van der Waals surface area contributed by atoms with Crippen LogP contribution in [0.4, 0.5) is 10.5 Å². The van der Waals surface area contributed by atoms with E-state index in [0.29, 0.717) is 17.8 Å². The Bertz CT molecular complexity index is 897. The number of aromatic nitrogens is 1. The number of benzene rings is 2. The van der Waals surface area contributed by atoms with Crippen LogP contribution in [0.15, 0.2) is 48.5 Å². The molecular formula is C18H18N4O2. The van der Waals surface area contributed by atoms with Crippen LogP contribution >= 0.6 is 0 Å². The molecule has 0 unspecified atom stereocenters. The zero-order chi connectivity index (χ0) is 17.1. The number of hydrogen-bond donors (Lipinski definition) is 4. The largest absolute Gasteiger partial charge is 0.358 e. The average Bonchev–Trinajstić information content (AvgIpc) is 2.89. The van der Waals surface area contributed by atoms with E-state index < -0.39 is 6.03 Å². The average molecular weight is 322 g/mol. The van der Waals surface area contributed by atoms with Gasteiger partial charge >= 0.3 is 6.03 Å². The number of primary amides is 1. The van der Waals surface area contributed by atoms with Crippen molar-refractivity contribution in [3.8, 4) is 0 Å². The predicted octanol–water partition coefficient (Wildman–Crippen LogP) is 2.90. The fraction of sp³-hybridized carbons (Fsp3) is 0.111. The number of aromatic amines is 1. The third-order valence-corrected chi connectivity index (χ3v) is 3.80. The van der Waals surface area contributed by atoms with Gasteiger partial charge in [0.15, 0.2) is 0 Å². The number of para-hydroxylation sites is 1. The van der Waals surface area contributed by atoms with Crippen molar-refractivity contribution in [2.75, 3.05) is 5.32 Å². The fourth-order valence-electron chi connectivity index (χ4n) is 2.69. The summed E-state index contributed by atoms with van der Waals surface area (Å²) in [4.78, 5) is 26.5. The summed E-state index contributed by atoms with van der Waals surface area (Å²) < 4.78 is 0. The van der Waals surface area contributed by atoms with E-state index in [1.54, 1.807) is 12.1 Å². The van der Waals surface area contributed by atoms with Crippen molar-refractivity contribution in [2.45, 2.75) is 13.5 Å². The van der Waals surface area contributed by atoms with Crippen molar-refractivity contribution in [2.24, 2.45) is 5.73 Å². The molecule has 6 nitrogen and oxygen atoms in total. The number of nitrogens with two attached hydrogens (primary N) is 1. The normalized spacial score (nSPS) is 10.5. The van der Waals surface area contributed by atoms with Gasteiger partial charge in [-0.3, -0.25) is 4.79 Å². The molecule has 0 atom stereocenters. The number of hydrogen-bond acceptors (Lipinski definition) is 2. The highest BCUT2D eigenvalue weighted by Gasteiger charge is 2.15. The SMILES string of the molecule is Cc1[nH]c2ccccc2c1C(=O)NCc1ccc(NC(N)=O)cc1. The van der Waals surface area contributed by atoms with E-state index in [0.717, 1.165) is 22.2 Å². The first kappa shape index (κ1) is 15.6. The summed E-state index contributed by atoms with van der Waals surface area (Å²) in [6, 6.07) is 14.2. The van der Waals surface area contributed by atoms with Crippen LogP contribution in [0.5, 0.6) is 0 Å². The summed E-state index contributed by atoms with van der Waals surface area (Å²) >= 11 is 0. The first-order valence-electron chi connectivity index (χ1n) is 7.55. The Hall–Kier alpha value is -3.28. The molecule has 0 aliphatic rings. The molecule has 0 aliphatic carbocycles. The Morgan fingerprint density at radius 1 is 1.08 bits per heavy atom. The second-order valence-electron chi connectivity index (χ2n) is 5.54. The van der Waals surface area contributed by atoms with Crippen molar-refractivity contribution in [1.82, 2.24) is 10.3 Å². The number of aryl methyl sites for hydroxylation is 1. The van der Waals surface area contributed by atoms with Crippen LogP contribution in [-0.4, -0.2) is 16.9 Å². The Morgan fingerprint density at radius 3 is 2.50 bits per heavy atom. The fourth-order valence-corrected chi connectivity index (χ4v) is 2.69. The summed E-state index contributed by atoms with van der Waals surface area (Å²) in [6.07, 6.45) is 0. The van der Waals surface area contributed by atoms with Gasteiger partial charge in [-0.2, -0.15) is 0 Å². The number of H-pyrrole nitrogens is 1. The minimum Gasteiger partial charge on any atom is -0.358 e. The maximum Gasteiger partial charge on any atom is 0.316 e. The second kappa shape index (κ2) is 6.45. The lowest BCUT2D eigenvalue weighted by Gasteiger charge is -2.07. The predicted molar refractivity (Wildman–Crippen MR) is 93.9 cm³/mol. The Balaban J connectivity index is 1.71. The number of rotatable bonds is 4. The lowest BCUT2D eigenvalue weighted by atomic mass is 10.1. The molecule has 6 heteroatoms. The molecule has 0 radical (unpaired) electrons. The molecule has 0 bridgehead atoms. The number of carbonyl (C=O) groups excluding carboxylic acids is 2. The van der Waals surface area contributed by atoms with E-state index >= 15 is 0 Å². The minimum atomic E-state index is -0.606. The van der Waals surface area contributed by atoms with Gasteiger partial charge in [0.2, 0.25) is 0 Å². The standard InChI is InChI=1S/C18H18N4O2/c1-11-16(14-4-2-3-5-15(14)21-11)17(23)20-10-12-6-8-13(9-7-12)22-18(19)24/h2-9,21H,10H2,1H3,(H,20,23)(H3,19,22,24). The highest BCUT2D eigenvalue weighted by Crippen LogP contribution is 2.21. The number of nitrogens with one attached hydrogen (secondary N) is 3. The lowest BCUT2D eigenvalue weighted by molar-refractivity contribution is 0.0952. The van der Waals surface area contributed by atoms with Gasteiger partial charge in [0, 0.05) is 28.8 Å². The van der Waals surface area contributed by atoms with Crippen molar-refractivity contribution in [3.05, 3.63) is 65.4 Å². The van der Waals surface area contributed by atoms with Crippen molar-refractivity contribution in [3.63, 3.8) is 0 Å². The molecule has 0 fully saturated rings. The lowest BCUT2D eigenvalue weighted by Crippen LogP contribution is -2.23. The van der Waals surface area contributed by atoms with Crippen molar-refractivity contribution < 1.29 is 9.59 Å². The molecule has 0 saturated carbocycles. The monoisotopic (exact) mass is 322 g/mol. The first-order valence-corrected chi connectivity index (χ1v) is 7.55. The van der Waals surface area contributed by atoms with E-state index in [-0.39, 0.29) is 5.91 Å². The summed E-state index contributed by atoms with van der Waals surface area (Å²) in [7, 11) is 0. The van der Waals surface area contributed by atoms with Gasteiger partial charge in [0.25, 0.3) is 5.91 Å². The van der Waals surface area contributed by atoms with Crippen LogP contribution in [0.25, 0.3) is 10.9 Å². The van der Waals surface area contributed by atoms with E-state index in [4.69, 9.17) is 5.73 Å². The molecule has 24 heavy (non-hydrogen) atoms. The van der Waals surface area contributed by atoms with Gasteiger partial charge < -0.3 is 21.4 Å². The van der Waals surface area contributed by atoms with Crippen LogP contribution in [0.2, 0.25) is 0 Å². The van der Waals surface area contributed by atoms with Gasteiger partial charge in [0.05, 0.1) is 5.56 Å². The maximum atomic E-state index is 12.5. The third-order valence-electron chi connectivity index (χ3n) is 3.80. The molecule has 0 saturated heterocycles.